The maximum atomic E-state index is 12.0. The average molecular weight is 362 g/mol. The average Bonchev–Trinajstić information content (AvgIpc) is 2.48. The maximum absolute atomic E-state index is 12.0. The first-order valence-corrected chi connectivity index (χ1v) is 7.53. The van der Waals surface area contributed by atoms with Gasteiger partial charge in [0.1, 0.15) is 5.82 Å². The number of halogens is 1. The van der Waals surface area contributed by atoms with E-state index in [1.807, 2.05) is 31.2 Å². The standard InChI is InChI=1S/C16H16BrN3O2/c1-12-4-2-3-5-13(12)9-20(11-21)10-16(22)19-15-8-14(17)6-7-18-15/h2-8,11H,9-10H2,1H3,(H,18,19,22). The van der Waals surface area contributed by atoms with E-state index in [0.717, 1.165) is 15.6 Å². The van der Waals surface area contributed by atoms with E-state index in [4.69, 9.17) is 0 Å². The van der Waals surface area contributed by atoms with E-state index < -0.39 is 0 Å². The van der Waals surface area contributed by atoms with Crippen LogP contribution in [-0.2, 0) is 16.1 Å². The quantitative estimate of drug-likeness (QED) is 0.804. The van der Waals surface area contributed by atoms with Crippen molar-refractivity contribution in [2.45, 2.75) is 13.5 Å². The predicted octanol–water partition coefficient (Wildman–Crippen LogP) is 2.75. The second-order valence-corrected chi connectivity index (χ2v) is 5.76. The minimum absolute atomic E-state index is 0.0218. The zero-order valence-corrected chi connectivity index (χ0v) is 13.7. The number of anilines is 1. The molecule has 22 heavy (non-hydrogen) atoms. The van der Waals surface area contributed by atoms with Crippen LogP contribution in [0, 0.1) is 6.92 Å². The number of hydrogen-bond donors (Lipinski definition) is 1. The molecule has 1 heterocycles. The number of carbonyl (C=O) groups excluding carboxylic acids is 2. The molecule has 0 unspecified atom stereocenters. The van der Waals surface area contributed by atoms with Crippen LogP contribution in [0.5, 0.6) is 0 Å². The minimum atomic E-state index is -0.286. The topological polar surface area (TPSA) is 62.3 Å². The van der Waals surface area contributed by atoms with Gasteiger partial charge >= 0.3 is 0 Å². The molecule has 1 N–H and O–H groups in total. The molecule has 5 nitrogen and oxygen atoms in total. The van der Waals surface area contributed by atoms with E-state index in [0.29, 0.717) is 18.8 Å². The summed E-state index contributed by atoms with van der Waals surface area (Å²) < 4.78 is 0.824. The molecule has 1 aromatic carbocycles. The van der Waals surface area contributed by atoms with E-state index in [1.165, 1.54) is 4.90 Å². The summed E-state index contributed by atoms with van der Waals surface area (Å²) in [6, 6.07) is 11.2. The maximum Gasteiger partial charge on any atom is 0.245 e. The van der Waals surface area contributed by atoms with E-state index in [9.17, 15) is 9.59 Å². The number of aromatic nitrogens is 1. The Morgan fingerprint density at radius 3 is 2.82 bits per heavy atom. The molecular weight excluding hydrogens is 346 g/mol. The highest BCUT2D eigenvalue weighted by Crippen LogP contribution is 2.13. The molecule has 0 aliphatic rings. The van der Waals surface area contributed by atoms with Gasteiger partial charge in [-0.05, 0) is 30.2 Å². The first-order valence-electron chi connectivity index (χ1n) is 6.74. The summed E-state index contributed by atoms with van der Waals surface area (Å²) >= 11 is 3.31. The first kappa shape index (κ1) is 16.2. The lowest BCUT2D eigenvalue weighted by atomic mass is 10.1. The lowest BCUT2D eigenvalue weighted by Gasteiger charge is -2.18. The van der Waals surface area contributed by atoms with Gasteiger partial charge in [0.2, 0.25) is 12.3 Å². The van der Waals surface area contributed by atoms with Crippen LogP contribution < -0.4 is 5.32 Å². The Bertz CT molecular complexity index is 676. The summed E-state index contributed by atoms with van der Waals surface area (Å²) in [6.45, 7) is 2.35. The summed E-state index contributed by atoms with van der Waals surface area (Å²) in [6.07, 6.45) is 2.27. The van der Waals surface area contributed by atoms with Crippen LogP contribution in [0.1, 0.15) is 11.1 Å². The summed E-state index contributed by atoms with van der Waals surface area (Å²) in [7, 11) is 0. The van der Waals surface area contributed by atoms with Crippen molar-refractivity contribution in [3.63, 3.8) is 0 Å². The SMILES string of the molecule is Cc1ccccc1CN(C=O)CC(=O)Nc1cc(Br)ccn1. The third-order valence-electron chi connectivity index (χ3n) is 3.12. The van der Waals surface area contributed by atoms with Gasteiger partial charge in [-0.3, -0.25) is 9.59 Å². The number of pyridine rings is 1. The molecule has 0 aliphatic carbocycles. The normalized spacial score (nSPS) is 10.1. The molecule has 2 aromatic rings. The smallest absolute Gasteiger partial charge is 0.245 e. The molecule has 0 saturated carbocycles. The Kier molecular flexibility index (Phi) is 5.66. The van der Waals surface area contributed by atoms with Crippen molar-refractivity contribution in [1.82, 2.24) is 9.88 Å². The fourth-order valence-corrected chi connectivity index (χ4v) is 2.31. The number of aryl methyl sites for hydroxylation is 1. The molecule has 0 bridgehead atoms. The van der Waals surface area contributed by atoms with Gasteiger partial charge < -0.3 is 10.2 Å². The highest BCUT2D eigenvalue weighted by Gasteiger charge is 2.11. The van der Waals surface area contributed by atoms with Crippen molar-refractivity contribution >= 4 is 34.1 Å². The second-order valence-electron chi connectivity index (χ2n) is 4.84. The zero-order valence-electron chi connectivity index (χ0n) is 12.1. The molecule has 114 valence electrons. The number of carbonyl (C=O) groups is 2. The Morgan fingerprint density at radius 1 is 1.36 bits per heavy atom. The lowest BCUT2D eigenvalue weighted by molar-refractivity contribution is -0.125. The molecule has 2 rings (SSSR count). The van der Waals surface area contributed by atoms with Gasteiger partial charge in [-0.1, -0.05) is 40.2 Å². The van der Waals surface area contributed by atoms with Gasteiger partial charge in [-0.25, -0.2) is 4.98 Å². The molecule has 6 heteroatoms. The lowest BCUT2D eigenvalue weighted by Crippen LogP contribution is -2.32. The number of nitrogens with one attached hydrogen (secondary N) is 1. The van der Waals surface area contributed by atoms with Crippen LogP contribution >= 0.6 is 15.9 Å². The molecule has 0 saturated heterocycles. The molecule has 0 spiro atoms. The molecule has 0 atom stereocenters. The van der Waals surface area contributed by atoms with E-state index in [1.54, 1.807) is 18.3 Å². The van der Waals surface area contributed by atoms with E-state index in [2.05, 4.69) is 26.2 Å². The molecule has 0 fully saturated rings. The fraction of sp³-hybridized carbons (Fsp3) is 0.188. The third kappa shape index (κ3) is 4.66. The number of nitrogens with zero attached hydrogens (tertiary/aromatic N) is 2. The largest absolute Gasteiger partial charge is 0.332 e. The van der Waals surface area contributed by atoms with Crippen molar-refractivity contribution in [3.05, 3.63) is 58.2 Å². The van der Waals surface area contributed by atoms with Crippen molar-refractivity contribution in [2.75, 3.05) is 11.9 Å². The van der Waals surface area contributed by atoms with Crippen molar-refractivity contribution < 1.29 is 9.59 Å². The van der Waals surface area contributed by atoms with E-state index in [-0.39, 0.29) is 12.5 Å². The highest BCUT2D eigenvalue weighted by atomic mass is 79.9. The molecule has 0 aliphatic heterocycles. The van der Waals surface area contributed by atoms with Crippen molar-refractivity contribution in [1.29, 1.82) is 0 Å². The van der Waals surface area contributed by atoms with Crippen LogP contribution in [0.3, 0.4) is 0 Å². The van der Waals surface area contributed by atoms with Gasteiger partial charge in [-0.2, -0.15) is 0 Å². The number of rotatable bonds is 6. The zero-order chi connectivity index (χ0) is 15.9. The van der Waals surface area contributed by atoms with Gasteiger partial charge in [0.25, 0.3) is 0 Å². The number of amides is 2. The Balaban J connectivity index is 1.96. The van der Waals surface area contributed by atoms with Gasteiger partial charge in [0, 0.05) is 17.2 Å². The molecular formula is C16H16BrN3O2. The summed E-state index contributed by atoms with van der Waals surface area (Å²) in [5, 5.41) is 2.67. The van der Waals surface area contributed by atoms with Gasteiger partial charge in [0.05, 0.1) is 6.54 Å². The second kappa shape index (κ2) is 7.70. The van der Waals surface area contributed by atoms with Crippen LogP contribution in [-0.4, -0.2) is 28.7 Å². The Labute approximate surface area is 137 Å². The Morgan fingerprint density at radius 2 is 2.14 bits per heavy atom. The van der Waals surface area contributed by atoms with Gasteiger partial charge in [-0.15, -0.1) is 0 Å². The van der Waals surface area contributed by atoms with Crippen molar-refractivity contribution in [3.8, 4) is 0 Å². The van der Waals surface area contributed by atoms with Crippen LogP contribution in [0.2, 0.25) is 0 Å². The summed E-state index contributed by atoms with van der Waals surface area (Å²) in [4.78, 5) is 28.7. The monoisotopic (exact) mass is 361 g/mol. The fourth-order valence-electron chi connectivity index (χ4n) is 1.98. The Hall–Kier alpha value is -2.21. The van der Waals surface area contributed by atoms with Crippen molar-refractivity contribution in [2.24, 2.45) is 0 Å². The van der Waals surface area contributed by atoms with Crippen LogP contribution in [0.4, 0.5) is 5.82 Å². The third-order valence-corrected chi connectivity index (χ3v) is 3.61. The molecule has 2 amide bonds. The first-order chi connectivity index (χ1) is 10.6. The highest BCUT2D eigenvalue weighted by molar-refractivity contribution is 9.10. The summed E-state index contributed by atoms with van der Waals surface area (Å²) in [5.74, 6) is 0.160. The minimum Gasteiger partial charge on any atom is -0.332 e. The van der Waals surface area contributed by atoms with Crippen LogP contribution in [0.15, 0.2) is 47.1 Å². The summed E-state index contributed by atoms with van der Waals surface area (Å²) in [5.41, 5.74) is 2.10. The van der Waals surface area contributed by atoms with Gasteiger partial charge in [0.15, 0.2) is 0 Å². The molecule has 1 aromatic heterocycles. The number of benzene rings is 1. The number of hydrogen-bond acceptors (Lipinski definition) is 3. The molecule has 0 radical (unpaired) electrons. The van der Waals surface area contributed by atoms with E-state index >= 15 is 0 Å². The predicted molar refractivity (Wildman–Crippen MR) is 88.2 cm³/mol. The van der Waals surface area contributed by atoms with Crippen LogP contribution in [0.25, 0.3) is 0 Å².